The van der Waals surface area contributed by atoms with E-state index in [1.165, 1.54) is 12.1 Å². The summed E-state index contributed by atoms with van der Waals surface area (Å²) in [6, 6.07) is 7.17. The van der Waals surface area contributed by atoms with Crippen LogP contribution in [0.5, 0.6) is 5.75 Å². The van der Waals surface area contributed by atoms with Crippen molar-refractivity contribution in [3.8, 4) is 5.75 Å². The zero-order chi connectivity index (χ0) is 14.8. The molecule has 2 N–H and O–H groups in total. The monoisotopic (exact) mass is 285 g/mol. The zero-order valence-corrected chi connectivity index (χ0v) is 10.8. The lowest BCUT2D eigenvalue weighted by molar-refractivity contribution is -0.274. The molecule has 0 saturated carbocycles. The normalized spacial score (nSPS) is 13.2. The molecule has 0 radical (unpaired) electrons. The van der Waals surface area contributed by atoms with E-state index in [1.54, 1.807) is 30.1 Å². The standard InChI is InChI=1S/C13H14F3N3O/c1-19-7-6-12(18-19)11(17)8-9-2-4-10(5-3-9)20-13(14,15)16/h2-7,11H,8,17H2,1H3. The number of ether oxygens (including phenoxy) is 1. The van der Waals surface area contributed by atoms with Gasteiger partial charge in [0.2, 0.25) is 0 Å². The van der Waals surface area contributed by atoms with Crippen molar-refractivity contribution in [3.63, 3.8) is 0 Å². The molecule has 1 aromatic heterocycles. The number of rotatable bonds is 4. The number of nitrogens with zero attached hydrogens (tertiary/aromatic N) is 2. The lowest BCUT2D eigenvalue weighted by atomic mass is 10.0. The summed E-state index contributed by atoms with van der Waals surface area (Å²) >= 11 is 0. The second kappa shape index (κ2) is 5.54. The van der Waals surface area contributed by atoms with Crippen molar-refractivity contribution in [2.45, 2.75) is 18.8 Å². The quantitative estimate of drug-likeness (QED) is 0.939. The van der Waals surface area contributed by atoms with Crippen LogP contribution in [0.4, 0.5) is 13.2 Å². The van der Waals surface area contributed by atoms with Crippen molar-refractivity contribution < 1.29 is 17.9 Å². The second-order valence-corrected chi connectivity index (χ2v) is 4.42. The molecule has 20 heavy (non-hydrogen) atoms. The number of halogens is 3. The summed E-state index contributed by atoms with van der Waals surface area (Å²) in [6.07, 6.45) is -2.40. The summed E-state index contributed by atoms with van der Waals surface area (Å²) in [5.74, 6) is -0.243. The van der Waals surface area contributed by atoms with E-state index in [2.05, 4.69) is 9.84 Å². The Hall–Kier alpha value is -2.02. The highest BCUT2D eigenvalue weighted by atomic mass is 19.4. The SMILES string of the molecule is Cn1ccc(C(N)Cc2ccc(OC(F)(F)F)cc2)n1. The molecular weight excluding hydrogens is 271 g/mol. The number of aromatic nitrogens is 2. The molecule has 0 amide bonds. The van der Waals surface area contributed by atoms with Gasteiger partial charge in [-0.05, 0) is 30.2 Å². The summed E-state index contributed by atoms with van der Waals surface area (Å²) in [6.45, 7) is 0. The van der Waals surface area contributed by atoms with Crippen LogP contribution in [0.3, 0.4) is 0 Å². The van der Waals surface area contributed by atoms with Crippen LogP contribution < -0.4 is 10.5 Å². The van der Waals surface area contributed by atoms with E-state index < -0.39 is 6.36 Å². The molecule has 2 aromatic rings. The van der Waals surface area contributed by atoms with Gasteiger partial charge in [0.15, 0.2) is 0 Å². The number of nitrogens with two attached hydrogens (primary N) is 1. The third-order valence-corrected chi connectivity index (χ3v) is 2.73. The van der Waals surface area contributed by atoms with Gasteiger partial charge in [-0.2, -0.15) is 5.10 Å². The lowest BCUT2D eigenvalue weighted by Gasteiger charge is -2.11. The Balaban J connectivity index is 2.00. The highest BCUT2D eigenvalue weighted by molar-refractivity contribution is 5.28. The lowest BCUT2D eigenvalue weighted by Crippen LogP contribution is -2.17. The molecule has 0 bridgehead atoms. The van der Waals surface area contributed by atoms with Crippen molar-refractivity contribution in [2.24, 2.45) is 12.8 Å². The molecule has 1 aromatic carbocycles. The van der Waals surface area contributed by atoms with Crippen molar-refractivity contribution in [1.82, 2.24) is 9.78 Å². The minimum Gasteiger partial charge on any atom is -0.406 e. The van der Waals surface area contributed by atoms with Crippen molar-refractivity contribution in [2.75, 3.05) is 0 Å². The van der Waals surface area contributed by atoms with Gasteiger partial charge in [-0.25, -0.2) is 0 Å². The maximum absolute atomic E-state index is 12.0. The largest absolute Gasteiger partial charge is 0.573 e. The topological polar surface area (TPSA) is 53.1 Å². The van der Waals surface area contributed by atoms with E-state index >= 15 is 0 Å². The highest BCUT2D eigenvalue weighted by Crippen LogP contribution is 2.23. The van der Waals surface area contributed by atoms with Crippen LogP contribution >= 0.6 is 0 Å². The van der Waals surface area contributed by atoms with E-state index in [0.29, 0.717) is 6.42 Å². The van der Waals surface area contributed by atoms with Gasteiger partial charge in [0, 0.05) is 13.2 Å². The van der Waals surface area contributed by atoms with Gasteiger partial charge < -0.3 is 10.5 Å². The second-order valence-electron chi connectivity index (χ2n) is 4.42. The maximum atomic E-state index is 12.0. The third-order valence-electron chi connectivity index (χ3n) is 2.73. The Labute approximate surface area is 114 Å². The van der Waals surface area contributed by atoms with Gasteiger partial charge in [0.05, 0.1) is 11.7 Å². The first kappa shape index (κ1) is 14.4. The number of alkyl halides is 3. The molecule has 0 aliphatic heterocycles. The summed E-state index contributed by atoms with van der Waals surface area (Å²) in [5.41, 5.74) is 7.55. The smallest absolute Gasteiger partial charge is 0.406 e. The molecular formula is C13H14F3N3O. The van der Waals surface area contributed by atoms with Crippen LogP contribution in [0.2, 0.25) is 0 Å². The summed E-state index contributed by atoms with van der Waals surface area (Å²) in [4.78, 5) is 0. The van der Waals surface area contributed by atoms with Gasteiger partial charge in [0.1, 0.15) is 5.75 Å². The van der Waals surface area contributed by atoms with Gasteiger partial charge in [0.25, 0.3) is 0 Å². The predicted molar refractivity (Wildman–Crippen MR) is 67.0 cm³/mol. The molecule has 0 fully saturated rings. The molecule has 4 nitrogen and oxygen atoms in total. The molecule has 1 heterocycles. The first-order valence-electron chi connectivity index (χ1n) is 5.93. The fourth-order valence-electron chi connectivity index (χ4n) is 1.82. The molecule has 108 valence electrons. The van der Waals surface area contributed by atoms with Gasteiger partial charge >= 0.3 is 6.36 Å². The summed E-state index contributed by atoms with van der Waals surface area (Å²) < 4.78 is 41.5. The van der Waals surface area contributed by atoms with Crippen molar-refractivity contribution in [3.05, 3.63) is 47.8 Å². The summed E-state index contributed by atoms with van der Waals surface area (Å²) in [5, 5.41) is 4.19. The van der Waals surface area contributed by atoms with E-state index in [4.69, 9.17) is 5.73 Å². The van der Waals surface area contributed by atoms with Crippen molar-refractivity contribution in [1.29, 1.82) is 0 Å². The van der Waals surface area contributed by atoms with Crippen LogP contribution in [0.15, 0.2) is 36.5 Å². The van der Waals surface area contributed by atoms with Crippen molar-refractivity contribution >= 4 is 0 Å². The first-order valence-corrected chi connectivity index (χ1v) is 5.93. The van der Waals surface area contributed by atoms with Crippen LogP contribution in [-0.4, -0.2) is 16.1 Å². The zero-order valence-electron chi connectivity index (χ0n) is 10.8. The van der Waals surface area contributed by atoms with E-state index in [-0.39, 0.29) is 11.8 Å². The fraction of sp³-hybridized carbons (Fsp3) is 0.308. The Bertz CT molecular complexity index is 563. The Morgan fingerprint density at radius 2 is 1.90 bits per heavy atom. The number of hydrogen-bond donors (Lipinski definition) is 1. The van der Waals surface area contributed by atoms with E-state index in [0.717, 1.165) is 11.3 Å². The number of hydrogen-bond acceptors (Lipinski definition) is 3. The fourth-order valence-corrected chi connectivity index (χ4v) is 1.82. The highest BCUT2D eigenvalue weighted by Gasteiger charge is 2.30. The van der Waals surface area contributed by atoms with Crippen LogP contribution in [0.1, 0.15) is 17.3 Å². The van der Waals surface area contributed by atoms with Gasteiger partial charge in [-0.3, -0.25) is 4.68 Å². The number of aryl methyl sites for hydroxylation is 1. The molecule has 0 aliphatic carbocycles. The molecule has 2 rings (SSSR count). The third kappa shape index (κ3) is 3.99. The first-order chi connectivity index (χ1) is 9.33. The average molecular weight is 285 g/mol. The van der Waals surface area contributed by atoms with Gasteiger partial charge in [-0.15, -0.1) is 13.2 Å². The predicted octanol–water partition coefficient (Wildman–Crippen LogP) is 2.56. The minimum atomic E-state index is -4.67. The molecule has 1 unspecified atom stereocenters. The van der Waals surface area contributed by atoms with E-state index in [9.17, 15) is 13.2 Å². The van der Waals surface area contributed by atoms with Gasteiger partial charge in [-0.1, -0.05) is 12.1 Å². The summed E-state index contributed by atoms with van der Waals surface area (Å²) in [7, 11) is 1.79. The van der Waals surface area contributed by atoms with Crippen LogP contribution in [0, 0.1) is 0 Å². The molecule has 1 atom stereocenters. The average Bonchev–Trinajstić information content (AvgIpc) is 2.77. The Morgan fingerprint density at radius 3 is 2.40 bits per heavy atom. The van der Waals surface area contributed by atoms with Crippen LogP contribution in [0.25, 0.3) is 0 Å². The molecule has 0 spiro atoms. The molecule has 0 saturated heterocycles. The van der Waals surface area contributed by atoms with Crippen LogP contribution in [-0.2, 0) is 13.5 Å². The minimum absolute atomic E-state index is 0.243. The number of benzene rings is 1. The maximum Gasteiger partial charge on any atom is 0.573 e. The molecule has 0 aliphatic rings. The van der Waals surface area contributed by atoms with E-state index in [1.807, 2.05) is 6.07 Å². The molecule has 7 heteroatoms. The Kier molecular flexibility index (Phi) is 3.99. The Morgan fingerprint density at radius 1 is 1.25 bits per heavy atom.